The summed E-state index contributed by atoms with van der Waals surface area (Å²) in [5, 5.41) is 6.52. The average Bonchev–Trinajstić information content (AvgIpc) is 2.75. The molecule has 2 heterocycles. The monoisotopic (exact) mass is 220 g/mol. The molecule has 0 amide bonds. The van der Waals surface area contributed by atoms with Crippen LogP contribution in [-0.4, -0.2) is 20.6 Å². The van der Waals surface area contributed by atoms with Crippen LogP contribution in [-0.2, 0) is 6.54 Å². The first-order chi connectivity index (χ1) is 7.42. The van der Waals surface area contributed by atoms with Crippen LogP contribution in [0.4, 0.5) is 5.95 Å². The van der Waals surface area contributed by atoms with E-state index in [-0.39, 0.29) is 0 Å². The van der Waals surface area contributed by atoms with Crippen molar-refractivity contribution < 1.29 is 0 Å². The molecule has 0 radical (unpaired) electrons. The Morgan fingerprint density at radius 2 is 2.33 bits per heavy atom. The molecule has 4 nitrogen and oxygen atoms in total. The highest BCUT2D eigenvalue weighted by Crippen LogP contribution is 2.24. The Labute approximate surface area is 92.0 Å². The standard InChI is InChI=1S/C10H12N4S/c1-2-8(1)13-10-12-3-5-14(10)7-9-11-4-6-15-9/h3-6,8H,1-2,7H2,(H,12,13). The molecule has 15 heavy (non-hydrogen) atoms. The van der Waals surface area contributed by atoms with Gasteiger partial charge in [-0.15, -0.1) is 11.3 Å². The molecule has 1 N–H and O–H groups in total. The van der Waals surface area contributed by atoms with Crippen molar-refractivity contribution in [1.82, 2.24) is 14.5 Å². The minimum Gasteiger partial charge on any atom is -0.353 e. The summed E-state index contributed by atoms with van der Waals surface area (Å²) in [6, 6.07) is 0.641. The van der Waals surface area contributed by atoms with Crippen molar-refractivity contribution in [1.29, 1.82) is 0 Å². The van der Waals surface area contributed by atoms with E-state index in [1.165, 1.54) is 12.8 Å². The molecule has 0 atom stereocenters. The van der Waals surface area contributed by atoms with Gasteiger partial charge in [-0.05, 0) is 12.8 Å². The van der Waals surface area contributed by atoms with E-state index in [9.17, 15) is 0 Å². The Morgan fingerprint density at radius 3 is 3.07 bits per heavy atom. The molecule has 0 aromatic carbocycles. The predicted molar refractivity (Wildman–Crippen MR) is 60.1 cm³/mol. The van der Waals surface area contributed by atoms with E-state index in [4.69, 9.17) is 0 Å². The maximum atomic E-state index is 4.31. The molecule has 0 saturated heterocycles. The summed E-state index contributed by atoms with van der Waals surface area (Å²) in [5.74, 6) is 0.965. The van der Waals surface area contributed by atoms with E-state index in [0.717, 1.165) is 17.5 Å². The van der Waals surface area contributed by atoms with E-state index in [2.05, 4.69) is 19.9 Å². The molecular weight excluding hydrogens is 208 g/mol. The minimum atomic E-state index is 0.641. The molecule has 3 rings (SSSR count). The first-order valence-corrected chi connectivity index (χ1v) is 5.96. The Kier molecular flexibility index (Phi) is 2.17. The van der Waals surface area contributed by atoms with Crippen LogP contribution in [0.5, 0.6) is 0 Å². The Balaban J connectivity index is 1.75. The maximum absolute atomic E-state index is 4.31. The van der Waals surface area contributed by atoms with Crippen molar-refractivity contribution in [2.75, 3.05) is 5.32 Å². The molecule has 0 bridgehead atoms. The van der Waals surface area contributed by atoms with Crippen LogP contribution < -0.4 is 5.32 Å². The summed E-state index contributed by atoms with van der Waals surface area (Å²) in [6.45, 7) is 0.812. The van der Waals surface area contributed by atoms with Gasteiger partial charge in [0.2, 0.25) is 5.95 Å². The van der Waals surface area contributed by atoms with Crippen molar-refractivity contribution in [2.24, 2.45) is 0 Å². The van der Waals surface area contributed by atoms with Crippen molar-refractivity contribution in [2.45, 2.75) is 25.4 Å². The lowest BCUT2D eigenvalue weighted by Gasteiger charge is -2.06. The number of hydrogen-bond acceptors (Lipinski definition) is 4. The number of imidazole rings is 1. The number of thiazole rings is 1. The molecule has 2 aromatic rings. The number of hydrogen-bond donors (Lipinski definition) is 1. The molecular formula is C10H12N4S. The summed E-state index contributed by atoms with van der Waals surface area (Å²) in [4.78, 5) is 8.57. The number of aromatic nitrogens is 3. The van der Waals surface area contributed by atoms with Crippen molar-refractivity contribution in [3.8, 4) is 0 Å². The van der Waals surface area contributed by atoms with Crippen LogP contribution in [0, 0.1) is 0 Å². The van der Waals surface area contributed by atoms with Gasteiger partial charge < -0.3 is 9.88 Å². The van der Waals surface area contributed by atoms with E-state index >= 15 is 0 Å². The van der Waals surface area contributed by atoms with Gasteiger partial charge in [-0.1, -0.05) is 0 Å². The molecule has 78 valence electrons. The van der Waals surface area contributed by atoms with Crippen molar-refractivity contribution >= 4 is 17.3 Å². The van der Waals surface area contributed by atoms with Gasteiger partial charge in [-0.3, -0.25) is 0 Å². The summed E-state index contributed by atoms with van der Waals surface area (Å²) in [7, 11) is 0. The van der Waals surface area contributed by atoms with Gasteiger partial charge in [-0.25, -0.2) is 9.97 Å². The summed E-state index contributed by atoms with van der Waals surface area (Å²) in [5.41, 5.74) is 0. The third-order valence-electron chi connectivity index (χ3n) is 2.42. The van der Waals surface area contributed by atoms with Crippen LogP contribution in [0.2, 0.25) is 0 Å². The fraction of sp³-hybridized carbons (Fsp3) is 0.400. The Hall–Kier alpha value is -1.36. The Bertz CT molecular complexity index is 430. The lowest BCUT2D eigenvalue weighted by atomic mass is 10.6. The SMILES string of the molecule is c1csc(Cn2ccnc2NC2CC2)n1. The van der Waals surface area contributed by atoms with Crippen LogP contribution in [0.3, 0.4) is 0 Å². The minimum absolute atomic E-state index is 0.641. The van der Waals surface area contributed by atoms with Crippen LogP contribution >= 0.6 is 11.3 Å². The third kappa shape index (κ3) is 2.02. The molecule has 2 aromatic heterocycles. The second kappa shape index (κ2) is 3.66. The molecule has 0 unspecified atom stereocenters. The fourth-order valence-electron chi connectivity index (χ4n) is 1.46. The zero-order valence-corrected chi connectivity index (χ0v) is 9.07. The second-order valence-corrected chi connectivity index (χ2v) is 4.70. The molecule has 0 spiro atoms. The number of nitrogens with one attached hydrogen (secondary N) is 1. The van der Waals surface area contributed by atoms with Gasteiger partial charge >= 0.3 is 0 Å². The smallest absolute Gasteiger partial charge is 0.203 e. The second-order valence-electron chi connectivity index (χ2n) is 3.72. The largest absolute Gasteiger partial charge is 0.353 e. The fourth-order valence-corrected chi connectivity index (χ4v) is 2.08. The van der Waals surface area contributed by atoms with Gasteiger partial charge in [0.05, 0.1) is 6.54 Å². The zero-order valence-electron chi connectivity index (χ0n) is 8.26. The van der Waals surface area contributed by atoms with Crippen LogP contribution in [0.1, 0.15) is 17.8 Å². The molecule has 1 fully saturated rings. The van der Waals surface area contributed by atoms with Crippen molar-refractivity contribution in [3.05, 3.63) is 29.0 Å². The molecule has 0 aliphatic heterocycles. The summed E-state index contributed by atoms with van der Waals surface area (Å²) >= 11 is 1.68. The number of anilines is 1. The Morgan fingerprint density at radius 1 is 1.40 bits per heavy atom. The van der Waals surface area contributed by atoms with Gasteiger partial charge in [0.15, 0.2) is 0 Å². The zero-order chi connectivity index (χ0) is 10.1. The lowest BCUT2D eigenvalue weighted by Crippen LogP contribution is -2.09. The number of rotatable bonds is 4. The normalized spacial score (nSPS) is 15.5. The lowest BCUT2D eigenvalue weighted by molar-refractivity contribution is 0.790. The van der Waals surface area contributed by atoms with Gasteiger partial charge in [0, 0.05) is 30.0 Å². The van der Waals surface area contributed by atoms with E-state index in [1.807, 2.05) is 24.0 Å². The quantitative estimate of drug-likeness (QED) is 0.856. The average molecular weight is 220 g/mol. The van der Waals surface area contributed by atoms with E-state index in [1.54, 1.807) is 11.3 Å². The van der Waals surface area contributed by atoms with Gasteiger partial charge in [-0.2, -0.15) is 0 Å². The first kappa shape index (κ1) is 8.91. The van der Waals surface area contributed by atoms with Crippen molar-refractivity contribution in [3.63, 3.8) is 0 Å². The highest BCUT2D eigenvalue weighted by molar-refractivity contribution is 7.09. The molecule has 5 heteroatoms. The molecule has 1 saturated carbocycles. The highest BCUT2D eigenvalue weighted by atomic mass is 32.1. The third-order valence-corrected chi connectivity index (χ3v) is 3.18. The molecule has 1 aliphatic rings. The summed E-state index contributed by atoms with van der Waals surface area (Å²) < 4.78 is 2.11. The van der Waals surface area contributed by atoms with Crippen LogP contribution in [0.25, 0.3) is 0 Å². The highest BCUT2D eigenvalue weighted by Gasteiger charge is 2.22. The topological polar surface area (TPSA) is 42.7 Å². The van der Waals surface area contributed by atoms with Crippen LogP contribution in [0.15, 0.2) is 24.0 Å². The summed E-state index contributed by atoms with van der Waals surface area (Å²) in [6.07, 6.45) is 8.20. The predicted octanol–water partition coefficient (Wildman–Crippen LogP) is 1.96. The first-order valence-electron chi connectivity index (χ1n) is 5.08. The van der Waals surface area contributed by atoms with E-state index < -0.39 is 0 Å². The molecule has 1 aliphatic carbocycles. The van der Waals surface area contributed by atoms with Gasteiger partial charge in [0.25, 0.3) is 0 Å². The van der Waals surface area contributed by atoms with E-state index in [0.29, 0.717) is 6.04 Å². The maximum Gasteiger partial charge on any atom is 0.203 e. The number of nitrogens with zero attached hydrogens (tertiary/aromatic N) is 3. The van der Waals surface area contributed by atoms with Gasteiger partial charge in [0.1, 0.15) is 5.01 Å².